The number of nitriles is 1. The molecule has 0 saturated carbocycles. The van der Waals surface area contributed by atoms with Gasteiger partial charge in [0.25, 0.3) is 0 Å². The molecule has 0 saturated heterocycles. The van der Waals surface area contributed by atoms with Crippen LogP contribution in [0.5, 0.6) is 0 Å². The molecule has 0 N–H and O–H groups in total. The van der Waals surface area contributed by atoms with Crippen LogP contribution in [0.4, 0.5) is 0 Å². The van der Waals surface area contributed by atoms with E-state index in [1.54, 1.807) is 26.0 Å². The Kier molecular flexibility index (Phi) is 3.43. The fourth-order valence-electron chi connectivity index (χ4n) is 1.13. The van der Waals surface area contributed by atoms with Crippen molar-refractivity contribution in [2.24, 2.45) is 0 Å². The zero-order chi connectivity index (χ0) is 11.5. The lowest BCUT2D eigenvalue weighted by molar-refractivity contribution is 0.595. The molecular weight excluding hydrogens is 212 g/mol. The third-order valence-corrected chi connectivity index (χ3v) is 3.62. The lowest BCUT2D eigenvalue weighted by Gasteiger charge is -2.04. The number of nitrogens with zero attached hydrogens (tertiary/aromatic N) is 2. The molecule has 15 heavy (non-hydrogen) atoms. The summed E-state index contributed by atoms with van der Waals surface area (Å²) in [5.74, 6) is -0.0957. The molecule has 0 aliphatic carbocycles. The molecule has 0 aromatic carbocycles. The first-order valence-corrected chi connectivity index (χ1v) is 6.37. The summed E-state index contributed by atoms with van der Waals surface area (Å²) in [7, 11) is -3.14. The van der Waals surface area contributed by atoms with Gasteiger partial charge < -0.3 is 0 Å². The number of aryl methyl sites for hydroxylation is 1. The maximum atomic E-state index is 11.4. The molecule has 0 amide bonds. The fourth-order valence-corrected chi connectivity index (χ4v) is 1.97. The largest absolute Gasteiger partial charge is 0.256 e. The summed E-state index contributed by atoms with van der Waals surface area (Å²) in [4.78, 5) is 4.08. The van der Waals surface area contributed by atoms with E-state index >= 15 is 0 Å². The van der Waals surface area contributed by atoms with Gasteiger partial charge >= 0.3 is 0 Å². The average Bonchev–Trinajstić information content (AvgIpc) is 2.18. The molecule has 0 spiro atoms. The second-order valence-corrected chi connectivity index (χ2v) is 5.59. The van der Waals surface area contributed by atoms with Crippen molar-refractivity contribution in [3.63, 3.8) is 0 Å². The maximum Gasteiger partial charge on any atom is 0.155 e. The summed E-state index contributed by atoms with van der Waals surface area (Å²) in [6.07, 6.45) is 0. The van der Waals surface area contributed by atoms with Crippen LogP contribution in [-0.2, 0) is 15.6 Å². The summed E-state index contributed by atoms with van der Waals surface area (Å²) in [6, 6.07) is 5.24. The van der Waals surface area contributed by atoms with Crippen LogP contribution in [-0.4, -0.2) is 19.2 Å². The van der Waals surface area contributed by atoms with Crippen LogP contribution in [0.3, 0.4) is 0 Å². The van der Waals surface area contributed by atoms with Crippen LogP contribution >= 0.6 is 0 Å². The maximum absolute atomic E-state index is 11.4. The third-order valence-electron chi connectivity index (χ3n) is 2.03. The lowest BCUT2D eigenvalue weighted by atomic mass is 10.2. The molecule has 0 radical (unpaired) electrons. The van der Waals surface area contributed by atoms with E-state index in [0.29, 0.717) is 11.3 Å². The van der Waals surface area contributed by atoms with E-state index < -0.39 is 9.84 Å². The smallest absolute Gasteiger partial charge is 0.155 e. The first-order valence-electron chi connectivity index (χ1n) is 4.55. The van der Waals surface area contributed by atoms with Gasteiger partial charge in [-0.3, -0.25) is 4.98 Å². The molecule has 1 aromatic heterocycles. The quantitative estimate of drug-likeness (QED) is 0.773. The molecular formula is C10H12N2O2S. The first kappa shape index (κ1) is 11.7. The van der Waals surface area contributed by atoms with Crippen molar-refractivity contribution in [2.75, 3.05) is 5.75 Å². The first-order chi connectivity index (χ1) is 6.98. The molecule has 1 rings (SSSR count). The number of rotatable bonds is 3. The van der Waals surface area contributed by atoms with E-state index in [9.17, 15) is 8.42 Å². The van der Waals surface area contributed by atoms with Crippen LogP contribution in [0.2, 0.25) is 0 Å². The van der Waals surface area contributed by atoms with E-state index in [-0.39, 0.29) is 11.5 Å². The highest BCUT2D eigenvalue weighted by atomic mass is 32.2. The van der Waals surface area contributed by atoms with Crippen molar-refractivity contribution >= 4 is 9.84 Å². The van der Waals surface area contributed by atoms with E-state index in [2.05, 4.69) is 4.98 Å². The molecule has 1 aromatic rings. The van der Waals surface area contributed by atoms with Gasteiger partial charge in [-0.15, -0.1) is 0 Å². The van der Waals surface area contributed by atoms with Crippen molar-refractivity contribution in [3.05, 3.63) is 29.1 Å². The Hall–Kier alpha value is -1.41. The minimum Gasteiger partial charge on any atom is -0.256 e. The standard InChI is InChI=1S/C10H12N2O2S/c1-3-15(13,14)7-10-9(6-11)5-4-8(2)12-10/h4-5H,3,7H2,1-2H3. The molecule has 0 fully saturated rings. The van der Waals surface area contributed by atoms with Gasteiger partial charge in [0.2, 0.25) is 0 Å². The van der Waals surface area contributed by atoms with E-state index in [1.165, 1.54) is 0 Å². The molecule has 0 aliphatic rings. The Morgan fingerprint density at radius 1 is 1.47 bits per heavy atom. The summed E-state index contributed by atoms with van der Waals surface area (Å²) < 4.78 is 22.8. The highest BCUT2D eigenvalue weighted by Gasteiger charge is 2.13. The molecule has 4 nitrogen and oxygen atoms in total. The van der Waals surface area contributed by atoms with Gasteiger partial charge in [-0.2, -0.15) is 5.26 Å². The summed E-state index contributed by atoms with van der Waals surface area (Å²) in [5, 5.41) is 8.79. The Balaban J connectivity index is 3.15. The molecule has 80 valence electrons. The van der Waals surface area contributed by atoms with Crippen LogP contribution in [0.25, 0.3) is 0 Å². The van der Waals surface area contributed by atoms with Crippen LogP contribution < -0.4 is 0 Å². The number of hydrogen-bond donors (Lipinski definition) is 0. The van der Waals surface area contributed by atoms with Gasteiger partial charge in [-0.25, -0.2) is 8.42 Å². The highest BCUT2D eigenvalue weighted by Crippen LogP contribution is 2.10. The van der Waals surface area contributed by atoms with Gasteiger partial charge in [0.1, 0.15) is 6.07 Å². The van der Waals surface area contributed by atoms with Crippen molar-refractivity contribution in [3.8, 4) is 6.07 Å². The van der Waals surface area contributed by atoms with Crippen molar-refractivity contribution in [2.45, 2.75) is 19.6 Å². The van der Waals surface area contributed by atoms with E-state index in [4.69, 9.17) is 5.26 Å². The SMILES string of the molecule is CCS(=O)(=O)Cc1nc(C)ccc1C#N. The summed E-state index contributed by atoms with van der Waals surface area (Å²) in [6.45, 7) is 3.35. The number of aromatic nitrogens is 1. The molecule has 0 bridgehead atoms. The predicted octanol–water partition coefficient (Wildman–Crippen LogP) is 1.20. The van der Waals surface area contributed by atoms with Gasteiger partial charge in [-0.1, -0.05) is 6.92 Å². The zero-order valence-corrected chi connectivity index (χ0v) is 9.50. The third kappa shape index (κ3) is 3.03. The van der Waals surface area contributed by atoms with Crippen molar-refractivity contribution in [1.29, 1.82) is 5.26 Å². The Bertz CT molecular complexity index is 501. The van der Waals surface area contributed by atoms with Gasteiger partial charge in [0.05, 0.1) is 17.0 Å². The van der Waals surface area contributed by atoms with E-state index in [1.807, 2.05) is 6.07 Å². The average molecular weight is 224 g/mol. The Morgan fingerprint density at radius 2 is 2.13 bits per heavy atom. The minimum absolute atomic E-state index is 0.0630. The topological polar surface area (TPSA) is 70.8 Å². The second-order valence-electron chi connectivity index (χ2n) is 3.24. The molecule has 0 aliphatic heterocycles. The monoisotopic (exact) mass is 224 g/mol. The Labute approximate surface area is 89.5 Å². The predicted molar refractivity (Wildman–Crippen MR) is 56.9 cm³/mol. The zero-order valence-electron chi connectivity index (χ0n) is 8.69. The number of pyridine rings is 1. The van der Waals surface area contributed by atoms with Crippen LogP contribution in [0.15, 0.2) is 12.1 Å². The molecule has 0 unspecified atom stereocenters. The lowest BCUT2D eigenvalue weighted by Crippen LogP contribution is -2.10. The van der Waals surface area contributed by atoms with E-state index in [0.717, 1.165) is 5.69 Å². The number of hydrogen-bond acceptors (Lipinski definition) is 4. The van der Waals surface area contributed by atoms with Gasteiger partial charge in [0.15, 0.2) is 9.84 Å². The molecule has 5 heteroatoms. The molecule has 1 heterocycles. The highest BCUT2D eigenvalue weighted by molar-refractivity contribution is 7.90. The van der Waals surface area contributed by atoms with Gasteiger partial charge in [0, 0.05) is 11.4 Å². The Morgan fingerprint density at radius 3 is 2.67 bits per heavy atom. The summed E-state index contributed by atoms with van der Waals surface area (Å²) >= 11 is 0. The summed E-state index contributed by atoms with van der Waals surface area (Å²) in [5.41, 5.74) is 1.40. The van der Waals surface area contributed by atoms with Crippen molar-refractivity contribution < 1.29 is 8.42 Å². The number of sulfone groups is 1. The minimum atomic E-state index is -3.14. The van der Waals surface area contributed by atoms with Crippen LogP contribution in [0.1, 0.15) is 23.9 Å². The second kappa shape index (κ2) is 4.41. The normalized spacial score (nSPS) is 11.0. The molecule has 0 atom stereocenters. The van der Waals surface area contributed by atoms with Crippen molar-refractivity contribution in [1.82, 2.24) is 4.98 Å². The fraction of sp³-hybridized carbons (Fsp3) is 0.400. The van der Waals surface area contributed by atoms with Gasteiger partial charge in [-0.05, 0) is 19.1 Å². The van der Waals surface area contributed by atoms with Crippen LogP contribution in [0, 0.1) is 18.3 Å².